The van der Waals surface area contributed by atoms with Crippen LogP contribution in [0, 0.1) is 0 Å². The number of anilines is 1. The van der Waals surface area contributed by atoms with Crippen LogP contribution in [0.25, 0.3) is 10.9 Å². The lowest BCUT2D eigenvalue weighted by Crippen LogP contribution is -2.53. The Labute approximate surface area is 159 Å². The van der Waals surface area contributed by atoms with Gasteiger partial charge in [-0.05, 0) is 23.3 Å². The zero-order valence-electron chi connectivity index (χ0n) is 14.8. The zero-order chi connectivity index (χ0) is 19.5. The maximum Gasteiger partial charge on any atom is 0.307 e. The molecule has 0 aliphatic carbocycles. The van der Waals surface area contributed by atoms with Crippen molar-refractivity contribution in [2.75, 3.05) is 11.9 Å². The van der Waals surface area contributed by atoms with Crippen LogP contribution >= 0.6 is 0 Å². The summed E-state index contributed by atoms with van der Waals surface area (Å²) in [6.07, 6.45) is 0.799. The molecule has 4 N–H and O–H groups in total. The molecule has 2 aliphatic heterocycles. The number of carbonyl (C=O) groups excluding carboxylic acids is 2. The first kappa shape index (κ1) is 16.8. The molecule has 1 spiro atoms. The summed E-state index contributed by atoms with van der Waals surface area (Å²) in [5, 5.41) is 23.5. The van der Waals surface area contributed by atoms with Crippen LogP contribution in [0.5, 0.6) is 5.75 Å². The minimum Gasteiger partial charge on any atom is -0.508 e. The normalized spacial score (nSPS) is 26.3. The monoisotopic (exact) mass is 378 g/mol. The van der Waals surface area contributed by atoms with E-state index in [0.29, 0.717) is 11.3 Å². The van der Waals surface area contributed by atoms with E-state index >= 15 is 0 Å². The number of amides is 1. The van der Waals surface area contributed by atoms with Crippen LogP contribution in [-0.2, 0) is 19.7 Å². The molecule has 0 bridgehead atoms. The van der Waals surface area contributed by atoms with Gasteiger partial charge in [-0.2, -0.15) is 0 Å². The van der Waals surface area contributed by atoms with Gasteiger partial charge in [-0.25, -0.2) is 0 Å². The number of benzene rings is 2. The smallest absolute Gasteiger partial charge is 0.307 e. The predicted molar refractivity (Wildman–Crippen MR) is 101 cm³/mol. The molecule has 7 heteroatoms. The number of phenols is 1. The third-order valence-corrected chi connectivity index (χ3v) is 5.88. The van der Waals surface area contributed by atoms with E-state index in [1.54, 1.807) is 6.07 Å². The lowest BCUT2D eigenvalue weighted by atomic mass is 9.63. The first-order valence-electron chi connectivity index (χ1n) is 9.06. The van der Waals surface area contributed by atoms with Crippen molar-refractivity contribution in [3.63, 3.8) is 0 Å². The number of nitrogens with one attached hydrogen (secondary N) is 2. The van der Waals surface area contributed by atoms with Gasteiger partial charge in [-0.1, -0.05) is 24.3 Å². The molecule has 1 fully saturated rings. The Morgan fingerprint density at radius 2 is 2.00 bits per heavy atom. The van der Waals surface area contributed by atoms with Gasteiger partial charge in [-0.3, -0.25) is 9.59 Å². The Bertz CT molecular complexity index is 1120. The first-order chi connectivity index (χ1) is 13.5. The van der Waals surface area contributed by atoms with Crippen molar-refractivity contribution in [3.8, 4) is 5.75 Å². The van der Waals surface area contributed by atoms with Gasteiger partial charge in [0, 0.05) is 34.8 Å². The number of H-pyrrole nitrogens is 1. The maximum atomic E-state index is 13.3. The molecule has 1 aromatic heterocycles. The first-order valence-corrected chi connectivity index (χ1v) is 9.06. The molecule has 142 valence electrons. The third kappa shape index (κ3) is 2.13. The van der Waals surface area contributed by atoms with E-state index in [2.05, 4.69) is 10.3 Å². The molecular formula is C21H18N2O5. The quantitative estimate of drug-likeness (QED) is 0.511. The standard InChI is InChI=1S/C21H18N2O5/c24-10-17-19(13-9-22-15-4-2-1-3-12(13)15)21(8-18(26)28-17)14-6-5-11(25)7-16(14)23-20(21)27/h1-7,9,17,19,22,24-25H,8,10H2,(H,23,27)/t17-,19-,21+/m1/s1. The van der Waals surface area contributed by atoms with Crippen molar-refractivity contribution in [1.29, 1.82) is 0 Å². The third-order valence-electron chi connectivity index (χ3n) is 5.88. The molecule has 3 heterocycles. The van der Waals surface area contributed by atoms with E-state index in [9.17, 15) is 19.8 Å². The van der Waals surface area contributed by atoms with Crippen molar-refractivity contribution < 1.29 is 24.5 Å². The van der Waals surface area contributed by atoms with Crippen LogP contribution in [0.15, 0.2) is 48.7 Å². The van der Waals surface area contributed by atoms with Crippen LogP contribution < -0.4 is 5.32 Å². The summed E-state index contributed by atoms with van der Waals surface area (Å²) in [4.78, 5) is 28.9. The van der Waals surface area contributed by atoms with Gasteiger partial charge in [0.15, 0.2) is 0 Å². The number of fused-ring (bicyclic) bond motifs is 3. The number of hydrogen-bond donors (Lipinski definition) is 4. The Kier molecular flexibility index (Phi) is 3.51. The number of aromatic hydroxyl groups is 1. The highest BCUT2D eigenvalue weighted by atomic mass is 16.6. The number of aliphatic hydroxyl groups excluding tert-OH is 1. The molecule has 28 heavy (non-hydrogen) atoms. The molecule has 0 unspecified atom stereocenters. The fourth-order valence-electron chi connectivity index (χ4n) is 4.76. The van der Waals surface area contributed by atoms with E-state index in [1.165, 1.54) is 12.1 Å². The molecule has 0 radical (unpaired) electrons. The number of cyclic esters (lactones) is 1. The van der Waals surface area contributed by atoms with E-state index < -0.39 is 30.0 Å². The number of rotatable bonds is 2. The largest absolute Gasteiger partial charge is 0.508 e. The maximum absolute atomic E-state index is 13.3. The number of esters is 1. The number of hydrogen-bond acceptors (Lipinski definition) is 5. The number of para-hydroxylation sites is 1. The van der Waals surface area contributed by atoms with Gasteiger partial charge in [0.2, 0.25) is 5.91 Å². The Balaban J connectivity index is 1.79. The fraction of sp³-hybridized carbons (Fsp3) is 0.238. The van der Waals surface area contributed by atoms with E-state index in [4.69, 9.17) is 4.74 Å². The van der Waals surface area contributed by atoms with Crippen molar-refractivity contribution in [2.45, 2.75) is 23.9 Å². The second-order valence-corrected chi connectivity index (χ2v) is 7.31. The summed E-state index contributed by atoms with van der Waals surface area (Å²) in [5.74, 6) is -1.43. The van der Waals surface area contributed by atoms with Gasteiger partial charge in [0.25, 0.3) is 0 Å². The molecule has 1 saturated heterocycles. The van der Waals surface area contributed by atoms with Crippen LogP contribution in [0.4, 0.5) is 5.69 Å². The number of ether oxygens (including phenoxy) is 1. The Hall–Kier alpha value is -3.32. The molecule has 3 atom stereocenters. The summed E-state index contributed by atoms with van der Waals surface area (Å²) in [7, 11) is 0. The summed E-state index contributed by atoms with van der Waals surface area (Å²) >= 11 is 0. The minimum atomic E-state index is -1.23. The molecule has 3 aromatic rings. The minimum absolute atomic E-state index is 0.0249. The van der Waals surface area contributed by atoms with E-state index in [1.807, 2.05) is 30.5 Å². The molecule has 7 nitrogen and oxygen atoms in total. The number of aliphatic hydroxyl groups is 1. The second kappa shape index (κ2) is 5.84. The van der Waals surface area contributed by atoms with Crippen molar-refractivity contribution in [1.82, 2.24) is 4.98 Å². The van der Waals surface area contributed by atoms with Crippen LogP contribution in [0.1, 0.15) is 23.5 Å². The highest BCUT2D eigenvalue weighted by molar-refractivity contribution is 6.10. The van der Waals surface area contributed by atoms with E-state index in [-0.39, 0.29) is 18.1 Å². The van der Waals surface area contributed by atoms with Gasteiger partial charge < -0.3 is 25.3 Å². The van der Waals surface area contributed by atoms with Gasteiger partial charge >= 0.3 is 5.97 Å². The van der Waals surface area contributed by atoms with Crippen LogP contribution in [-0.4, -0.2) is 39.8 Å². The van der Waals surface area contributed by atoms with Gasteiger partial charge in [0.05, 0.1) is 18.4 Å². The highest BCUT2D eigenvalue weighted by Crippen LogP contribution is 2.55. The van der Waals surface area contributed by atoms with Crippen molar-refractivity contribution in [3.05, 3.63) is 59.8 Å². The molecule has 0 saturated carbocycles. The van der Waals surface area contributed by atoms with Crippen molar-refractivity contribution in [2.24, 2.45) is 0 Å². The van der Waals surface area contributed by atoms with Gasteiger partial charge in [0.1, 0.15) is 11.9 Å². The average Bonchev–Trinajstić information content (AvgIpc) is 3.21. The average molecular weight is 378 g/mol. The molecule has 5 rings (SSSR count). The molecule has 2 aromatic carbocycles. The summed E-state index contributed by atoms with van der Waals surface area (Å²) in [6, 6.07) is 12.3. The second-order valence-electron chi connectivity index (χ2n) is 7.31. The van der Waals surface area contributed by atoms with E-state index in [0.717, 1.165) is 16.5 Å². The summed E-state index contributed by atoms with van der Waals surface area (Å²) < 4.78 is 5.46. The lowest BCUT2D eigenvalue weighted by Gasteiger charge is -2.43. The number of carbonyl (C=O) groups is 2. The fourth-order valence-corrected chi connectivity index (χ4v) is 4.76. The SMILES string of the molecule is O=C1C[C@@]2(C(=O)Nc3cc(O)ccc32)[C@H](c2c[nH]c3ccccc23)[C@@H](CO)O1. The molecule has 2 aliphatic rings. The number of aromatic nitrogens is 1. The summed E-state index contributed by atoms with van der Waals surface area (Å²) in [6.45, 7) is -0.404. The molecule has 1 amide bonds. The zero-order valence-corrected chi connectivity index (χ0v) is 14.8. The predicted octanol–water partition coefficient (Wildman–Crippen LogP) is 2.15. The van der Waals surface area contributed by atoms with Gasteiger partial charge in [-0.15, -0.1) is 0 Å². The summed E-state index contributed by atoms with van der Waals surface area (Å²) in [5.41, 5.74) is 1.57. The Morgan fingerprint density at radius 3 is 2.82 bits per heavy atom. The Morgan fingerprint density at radius 1 is 1.18 bits per heavy atom. The van der Waals surface area contributed by atoms with Crippen LogP contribution in [0.3, 0.4) is 0 Å². The topological polar surface area (TPSA) is 112 Å². The number of phenolic OH excluding ortho intramolecular Hbond substituents is 1. The highest BCUT2D eigenvalue weighted by Gasteiger charge is 2.60. The molecular weight excluding hydrogens is 360 g/mol. The lowest BCUT2D eigenvalue weighted by molar-refractivity contribution is -0.166. The number of aromatic amines is 1. The van der Waals surface area contributed by atoms with Crippen molar-refractivity contribution >= 4 is 28.5 Å². The van der Waals surface area contributed by atoms with Crippen LogP contribution in [0.2, 0.25) is 0 Å².